The van der Waals surface area contributed by atoms with E-state index in [0.29, 0.717) is 13.0 Å². The zero-order valence-electron chi connectivity index (χ0n) is 21.8. The van der Waals surface area contributed by atoms with Gasteiger partial charge in [-0.15, -0.1) is 0 Å². The number of hydrogen-bond acceptors (Lipinski definition) is 2. The first-order valence-electron chi connectivity index (χ1n) is 13.5. The van der Waals surface area contributed by atoms with E-state index in [4.69, 9.17) is 4.74 Å². The molecule has 5 rings (SSSR count). The summed E-state index contributed by atoms with van der Waals surface area (Å²) in [5.74, 6) is 2.22. The average Bonchev–Trinajstić information content (AvgIpc) is 3.29. The van der Waals surface area contributed by atoms with Gasteiger partial charge in [0.15, 0.2) is 0 Å². The number of piperidine rings is 1. The summed E-state index contributed by atoms with van der Waals surface area (Å²) in [6.45, 7) is 11.2. The van der Waals surface area contributed by atoms with E-state index in [0.717, 1.165) is 60.3 Å². The lowest BCUT2D eigenvalue weighted by atomic mass is 9.85. The molecule has 2 aliphatic heterocycles. The number of fused-ring (bicyclic) bond motifs is 3. The van der Waals surface area contributed by atoms with Gasteiger partial charge in [-0.05, 0) is 42.4 Å². The Morgan fingerprint density at radius 2 is 1.84 bits per heavy atom. The minimum Gasteiger partial charge on any atom is -0.460 e. The average molecular weight is 491 g/mol. The van der Waals surface area contributed by atoms with Gasteiger partial charge in [-0.2, -0.15) is 0 Å². The van der Waals surface area contributed by atoms with Crippen molar-refractivity contribution in [3.8, 4) is 5.75 Å². The second kappa shape index (κ2) is 11.1. The molecule has 0 aromatic heterocycles. The fraction of sp³-hybridized carbons (Fsp3) is 0.294. The summed E-state index contributed by atoms with van der Waals surface area (Å²) >= 11 is 0. The van der Waals surface area contributed by atoms with Crippen molar-refractivity contribution in [2.45, 2.75) is 51.4 Å². The van der Waals surface area contributed by atoms with Crippen molar-refractivity contribution in [2.24, 2.45) is 5.92 Å². The molecule has 1 fully saturated rings. The lowest BCUT2D eigenvalue weighted by molar-refractivity contribution is -0.127. The van der Waals surface area contributed by atoms with Gasteiger partial charge in [0.05, 0.1) is 13.3 Å². The minimum atomic E-state index is 0.0451. The Hall–Kier alpha value is -3.72. The summed E-state index contributed by atoms with van der Waals surface area (Å²) in [6, 6.07) is 23.1. The maximum absolute atomic E-state index is 13.7. The van der Waals surface area contributed by atoms with Crippen LogP contribution in [0.1, 0.15) is 56.1 Å². The molecule has 0 spiro atoms. The smallest absolute Gasteiger partial charge is 0.254 e. The molecule has 0 aliphatic carbocycles. The number of amides is 1. The fourth-order valence-corrected chi connectivity index (χ4v) is 5.61. The third-order valence-corrected chi connectivity index (χ3v) is 7.73. The van der Waals surface area contributed by atoms with Gasteiger partial charge in [0, 0.05) is 40.6 Å². The molecular weight excluding hydrogens is 454 g/mol. The minimum absolute atomic E-state index is 0.0451. The van der Waals surface area contributed by atoms with Crippen molar-refractivity contribution in [2.75, 3.05) is 6.54 Å². The van der Waals surface area contributed by atoms with E-state index in [1.165, 1.54) is 16.5 Å². The Bertz CT molecular complexity index is 1350. The number of unbranched alkanes of at least 4 members (excludes halogenated alkanes) is 1. The topological polar surface area (TPSA) is 29.5 Å². The van der Waals surface area contributed by atoms with Crippen molar-refractivity contribution in [3.63, 3.8) is 0 Å². The summed E-state index contributed by atoms with van der Waals surface area (Å²) in [5, 5.41) is 2.33. The number of benzene rings is 3. The molecule has 188 valence electrons. The predicted octanol–water partition coefficient (Wildman–Crippen LogP) is 8.15. The zero-order valence-corrected chi connectivity index (χ0v) is 21.8. The van der Waals surface area contributed by atoms with E-state index in [1.807, 2.05) is 29.2 Å². The number of rotatable bonds is 8. The van der Waals surface area contributed by atoms with E-state index in [1.54, 1.807) is 0 Å². The van der Waals surface area contributed by atoms with Crippen molar-refractivity contribution in [3.05, 3.63) is 121 Å². The standard InChI is InChI=1S/C34H36NO2/c1-4-6-15-30-31-18-17-27-14-10-11-16-28(27)33(31)37-32(30)20-19-29-26(5-2)23-24(3)35(34(29)36)22-21-25-12-8-7-9-13-25/h7-14,16-20,26,30H,2-6,15,21-23H2,1H3/q+1/b29-19-,32-20-. The van der Waals surface area contributed by atoms with Crippen LogP contribution in [0.4, 0.5) is 0 Å². The monoisotopic (exact) mass is 490 g/mol. The van der Waals surface area contributed by atoms with Crippen LogP contribution in [-0.4, -0.2) is 17.4 Å². The third kappa shape index (κ3) is 5.09. The van der Waals surface area contributed by atoms with Crippen LogP contribution in [0.5, 0.6) is 5.75 Å². The molecule has 1 amide bonds. The molecule has 0 saturated carbocycles. The summed E-state index contributed by atoms with van der Waals surface area (Å²) in [6.07, 6.45) is 9.57. The van der Waals surface area contributed by atoms with Crippen LogP contribution in [0, 0.1) is 12.8 Å². The third-order valence-electron chi connectivity index (χ3n) is 7.73. The van der Waals surface area contributed by atoms with Gasteiger partial charge in [-0.25, -0.2) is 0 Å². The summed E-state index contributed by atoms with van der Waals surface area (Å²) < 4.78 is 6.54. The van der Waals surface area contributed by atoms with E-state index in [2.05, 4.69) is 75.0 Å². The van der Waals surface area contributed by atoms with E-state index < -0.39 is 0 Å². The largest absolute Gasteiger partial charge is 0.460 e. The number of hydrogen-bond donors (Lipinski definition) is 0. The molecule has 1 saturated heterocycles. The zero-order chi connectivity index (χ0) is 25.8. The van der Waals surface area contributed by atoms with Gasteiger partial charge in [0.1, 0.15) is 11.5 Å². The van der Waals surface area contributed by atoms with Gasteiger partial charge >= 0.3 is 0 Å². The number of carbonyl (C=O) groups excluding carboxylic acids is 1. The molecule has 0 radical (unpaired) electrons. The highest BCUT2D eigenvalue weighted by Gasteiger charge is 2.35. The normalized spacial score (nSPS) is 21.6. The van der Waals surface area contributed by atoms with Crippen LogP contribution in [-0.2, 0) is 11.2 Å². The van der Waals surface area contributed by atoms with E-state index >= 15 is 0 Å². The van der Waals surface area contributed by atoms with Crippen LogP contribution >= 0.6 is 0 Å². The van der Waals surface area contributed by atoms with Crippen molar-refractivity contribution >= 4 is 16.7 Å². The van der Waals surface area contributed by atoms with Gasteiger partial charge in [0.2, 0.25) is 0 Å². The molecule has 0 N–H and O–H groups in total. The van der Waals surface area contributed by atoms with E-state index in [9.17, 15) is 4.79 Å². The molecule has 2 aliphatic rings. The van der Waals surface area contributed by atoms with Gasteiger partial charge in [-0.1, -0.05) is 93.1 Å². The van der Waals surface area contributed by atoms with Crippen LogP contribution in [0.2, 0.25) is 0 Å². The molecule has 0 bridgehead atoms. The highest BCUT2D eigenvalue weighted by molar-refractivity contribution is 5.96. The second-order valence-corrected chi connectivity index (χ2v) is 10.1. The maximum Gasteiger partial charge on any atom is 0.254 e. The lowest BCUT2D eigenvalue weighted by Crippen LogP contribution is -2.39. The SMILES string of the molecule is C=C1CC(C[CH2+])/C(=C/C=C2\Oc3c(ccc4ccccc34)C2CCCC)C(=O)N1CCc1ccccc1. The molecular formula is C34H36NO2+. The highest BCUT2D eigenvalue weighted by Crippen LogP contribution is 2.47. The molecule has 3 aromatic rings. The number of ether oxygens (including phenoxy) is 1. The molecule has 2 unspecified atom stereocenters. The van der Waals surface area contributed by atoms with Gasteiger partial charge in [0.25, 0.3) is 5.91 Å². The first kappa shape index (κ1) is 25.0. The van der Waals surface area contributed by atoms with Crippen molar-refractivity contribution < 1.29 is 9.53 Å². The summed E-state index contributed by atoms with van der Waals surface area (Å²) in [7, 11) is 0. The Kier molecular flexibility index (Phi) is 7.50. The number of likely N-dealkylation sites (tertiary alicyclic amines) is 1. The molecule has 3 nitrogen and oxygen atoms in total. The first-order valence-corrected chi connectivity index (χ1v) is 13.5. The van der Waals surface area contributed by atoms with E-state index in [-0.39, 0.29) is 17.7 Å². The first-order chi connectivity index (χ1) is 18.1. The Morgan fingerprint density at radius 3 is 2.62 bits per heavy atom. The number of allylic oxidation sites excluding steroid dienone is 4. The predicted molar refractivity (Wildman–Crippen MR) is 152 cm³/mol. The summed E-state index contributed by atoms with van der Waals surface area (Å²) in [4.78, 5) is 15.5. The maximum atomic E-state index is 13.7. The Morgan fingerprint density at radius 1 is 1.05 bits per heavy atom. The highest BCUT2D eigenvalue weighted by atomic mass is 16.5. The molecule has 3 heteroatoms. The second-order valence-electron chi connectivity index (χ2n) is 10.1. The Balaban J connectivity index is 1.44. The molecule has 3 aromatic carbocycles. The molecule has 37 heavy (non-hydrogen) atoms. The van der Waals surface area contributed by atoms with Gasteiger partial charge in [-0.3, -0.25) is 4.79 Å². The van der Waals surface area contributed by atoms with Crippen LogP contribution in [0.3, 0.4) is 0 Å². The van der Waals surface area contributed by atoms with Crippen molar-refractivity contribution in [1.29, 1.82) is 0 Å². The lowest BCUT2D eigenvalue weighted by Gasteiger charge is -2.34. The Labute approximate surface area is 221 Å². The fourth-order valence-electron chi connectivity index (χ4n) is 5.61. The number of carbonyl (C=O) groups is 1. The van der Waals surface area contributed by atoms with Crippen molar-refractivity contribution in [1.82, 2.24) is 4.90 Å². The quantitative estimate of drug-likeness (QED) is 0.236. The molecule has 2 heterocycles. The van der Waals surface area contributed by atoms with Crippen LogP contribution in [0.25, 0.3) is 10.8 Å². The van der Waals surface area contributed by atoms with Gasteiger partial charge < -0.3 is 9.64 Å². The van der Waals surface area contributed by atoms with Crippen LogP contribution in [0.15, 0.2) is 102 Å². The molecule has 2 atom stereocenters. The summed E-state index contributed by atoms with van der Waals surface area (Å²) in [5.41, 5.74) is 4.16. The number of nitrogens with zero attached hydrogens (tertiary/aromatic N) is 1. The van der Waals surface area contributed by atoms with Crippen LogP contribution < -0.4 is 4.74 Å².